The summed E-state index contributed by atoms with van der Waals surface area (Å²) in [5.74, 6) is -0.550. The highest BCUT2D eigenvalue weighted by atomic mass is 35.5. The maximum Gasteiger partial charge on any atom is 0.275 e. The van der Waals surface area contributed by atoms with Gasteiger partial charge in [0.1, 0.15) is 5.75 Å². The predicted molar refractivity (Wildman–Crippen MR) is 71.1 cm³/mol. The summed E-state index contributed by atoms with van der Waals surface area (Å²) in [4.78, 5) is 11.8. The minimum Gasteiger partial charge on any atom is -0.507 e. The number of hydrogen-bond donors (Lipinski definition) is 2. The molecule has 0 aromatic heterocycles. The molecule has 18 heavy (non-hydrogen) atoms. The maximum absolute atomic E-state index is 11.8. The monoisotopic (exact) mass is 266 g/mol. The molecule has 2 N–H and O–H groups in total. The van der Waals surface area contributed by atoms with Crippen molar-refractivity contribution in [3.63, 3.8) is 0 Å². The highest BCUT2D eigenvalue weighted by Gasteiger charge is 2.12. The smallest absolute Gasteiger partial charge is 0.275 e. The van der Waals surface area contributed by atoms with Gasteiger partial charge < -0.3 is 5.11 Å². The average molecular weight is 267 g/mol. The molecule has 1 aromatic rings. The number of hydrazone groups is 1. The topological polar surface area (TPSA) is 61.7 Å². The van der Waals surface area contributed by atoms with E-state index in [0.717, 1.165) is 31.4 Å². The van der Waals surface area contributed by atoms with E-state index in [-0.39, 0.29) is 11.3 Å². The quantitative estimate of drug-likeness (QED) is 0.808. The third kappa shape index (κ3) is 3.23. The molecule has 0 radical (unpaired) electrons. The molecule has 0 bridgehead atoms. The van der Waals surface area contributed by atoms with Crippen LogP contribution in [0, 0.1) is 0 Å². The summed E-state index contributed by atoms with van der Waals surface area (Å²) < 4.78 is 0. The molecule has 0 unspecified atom stereocenters. The van der Waals surface area contributed by atoms with Crippen LogP contribution in [0.15, 0.2) is 23.3 Å². The summed E-state index contributed by atoms with van der Waals surface area (Å²) >= 11 is 5.70. The first-order chi connectivity index (χ1) is 8.66. The summed E-state index contributed by atoms with van der Waals surface area (Å²) in [6, 6.07) is 4.38. The van der Waals surface area contributed by atoms with Crippen LogP contribution in [0.25, 0.3) is 0 Å². The standard InChI is InChI=1S/C13H15ClN2O2/c14-9-6-7-11(12(17)8-9)13(18)16-15-10-4-2-1-3-5-10/h6-8,17H,1-5H2,(H,16,18). The molecular weight excluding hydrogens is 252 g/mol. The number of nitrogens with one attached hydrogen (secondary N) is 1. The van der Waals surface area contributed by atoms with Crippen LogP contribution in [0.1, 0.15) is 42.5 Å². The Kier molecular flexibility index (Phi) is 4.20. The molecule has 1 aromatic carbocycles. The Labute approximate surface area is 111 Å². The second kappa shape index (κ2) is 5.87. The normalized spacial score (nSPS) is 15.3. The van der Waals surface area contributed by atoms with Gasteiger partial charge in [0, 0.05) is 10.7 Å². The fourth-order valence-corrected chi connectivity index (χ4v) is 2.12. The molecule has 1 aliphatic carbocycles. The van der Waals surface area contributed by atoms with Crippen LogP contribution in [0.2, 0.25) is 5.02 Å². The zero-order valence-electron chi connectivity index (χ0n) is 9.95. The number of halogens is 1. The summed E-state index contributed by atoms with van der Waals surface area (Å²) in [6.07, 6.45) is 5.35. The van der Waals surface area contributed by atoms with Crippen LogP contribution in [-0.2, 0) is 0 Å². The van der Waals surface area contributed by atoms with E-state index in [1.54, 1.807) is 6.07 Å². The molecule has 1 aliphatic rings. The molecule has 0 spiro atoms. The Hall–Kier alpha value is -1.55. The van der Waals surface area contributed by atoms with E-state index in [1.165, 1.54) is 18.6 Å². The van der Waals surface area contributed by atoms with Crippen molar-refractivity contribution in [1.82, 2.24) is 5.43 Å². The maximum atomic E-state index is 11.8. The lowest BCUT2D eigenvalue weighted by Crippen LogP contribution is -2.20. The lowest BCUT2D eigenvalue weighted by molar-refractivity contribution is 0.0952. The zero-order chi connectivity index (χ0) is 13.0. The number of benzene rings is 1. The third-order valence-corrected chi connectivity index (χ3v) is 3.19. The Morgan fingerprint density at radius 3 is 2.67 bits per heavy atom. The van der Waals surface area contributed by atoms with Gasteiger partial charge in [-0.15, -0.1) is 0 Å². The number of rotatable bonds is 2. The largest absolute Gasteiger partial charge is 0.507 e. The highest BCUT2D eigenvalue weighted by molar-refractivity contribution is 6.30. The van der Waals surface area contributed by atoms with Crippen molar-refractivity contribution >= 4 is 23.2 Å². The second-order valence-electron chi connectivity index (χ2n) is 4.34. The fourth-order valence-electron chi connectivity index (χ4n) is 1.96. The zero-order valence-corrected chi connectivity index (χ0v) is 10.7. The van der Waals surface area contributed by atoms with Gasteiger partial charge in [0.2, 0.25) is 0 Å². The Morgan fingerprint density at radius 1 is 1.28 bits per heavy atom. The van der Waals surface area contributed by atoms with Gasteiger partial charge >= 0.3 is 0 Å². The van der Waals surface area contributed by atoms with Crippen molar-refractivity contribution < 1.29 is 9.90 Å². The summed E-state index contributed by atoms with van der Waals surface area (Å²) in [7, 11) is 0. The first-order valence-electron chi connectivity index (χ1n) is 6.01. The molecule has 1 amide bonds. The van der Waals surface area contributed by atoms with Gasteiger partial charge in [0.25, 0.3) is 5.91 Å². The number of nitrogens with zero attached hydrogens (tertiary/aromatic N) is 1. The van der Waals surface area contributed by atoms with Gasteiger partial charge in [-0.05, 0) is 43.9 Å². The van der Waals surface area contributed by atoms with Gasteiger partial charge in [0.15, 0.2) is 0 Å². The first kappa shape index (κ1) is 12.9. The number of phenols is 1. The number of carbonyl (C=O) groups excluding carboxylic acids is 1. The van der Waals surface area contributed by atoms with E-state index in [0.29, 0.717) is 5.02 Å². The van der Waals surface area contributed by atoms with Crippen LogP contribution < -0.4 is 5.43 Å². The minimum absolute atomic E-state index is 0.135. The molecule has 96 valence electrons. The van der Waals surface area contributed by atoms with Crippen LogP contribution in [0.5, 0.6) is 5.75 Å². The molecule has 1 saturated carbocycles. The number of phenolic OH excluding ortho intramolecular Hbond substituents is 1. The van der Waals surface area contributed by atoms with Gasteiger partial charge in [-0.2, -0.15) is 5.10 Å². The Morgan fingerprint density at radius 2 is 2.00 bits per heavy atom. The molecule has 0 aliphatic heterocycles. The SMILES string of the molecule is O=C(NN=C1CCCCC1)c1ccc(Cl)cc1O. The molecule has 0 heterocycles. The van der Waals surface area contributed by atoms with Gasteiger partial charge in [-0.3, -0.25) is 4.79 Å². The van der Waals surface area contributed by atoms with Crippen LogP contribution in [-0.4, -0.2) is 16.7 Å². The van der Waals surface area contributed by atoms with Crippen LogP contribution in [0.3, 0.4) is 0 Å². The van der Waals surface area contributed by atoms with Crippen molar-refractivity contribution in [2.45, 2.75) is 32.1 Å². The lowest BCUT2D eigenvalue weighted by Gasteiger charge is -2.12. The van der Waals surface area contributed by atoms with E-state index in [4.69, 9.17) is 11.6 Å². The van der Waals surface area contributed by atoms with Crippen molar-refractivity contribution in [1.29, 1.82) is 0 Å². The molecule has 2 rings (SSSR count). The van der Waals surface area contributed by atoms with Crippen molar-refractivity contribution in [3.05, 3.63) is 28.8 Å². The van der Waals surface area contributed by atoms with E-state index in [1.807, 2.05) is 0 Å². The van der Waals surface area contributed by atoms with Crippen molar-refractivity contribution in [2.75, 3.05) is 0 Å². The van der Waals surface area contributed by atoms with Crippen LogP contribution in [0.4, 0.5) is 0 Å². The minimum atomic E-state index is -0.415. The number of carbonyl (C=O) groups is 1. The Bertz CT molecular complexity index is 478. The van der Waals surface area contributed by atoms with E-state index in [2.05, 4.69) is 10.5 Å². The van der Waals surface area contributed by atoms with E-state index >= 15 is 0 Å². The second-order valence-corrected chi connectivity index (χ2v) is 4.78. The summed E-state index contributed by atoms with van der Waals surface area (Å²) in [6.45, 7) is 0. The van der Waals surface area contributed by atoms with E-state index < -0.39 is 5.91 Å². The van der Waals surface area contributed by atoms with Gasteiger partial charge in [-0.1, -0.05) is 18.0 Å². The predicted octanol–water partition coefficient (Wildman–Crippen LogP) is 3.10. The fraction of sp³-hybridized carbons (Fsp3) is 0.385. The van der Waals surface area contributed by atoms with Crippen molar-refractivity contribution in [2.24, 2.45) is 5.10 Å². The molecule has 1 fully saturated rings. The summed E-state index contributed by atoms with van der Waals surface area (Å²) in [5.41, 5.74) is 3.67. The summed E-state index contributed by atoms with van der Waals surface area (Å²) in [5, 5.41) is 14.1. The molecule has 0 saturated heterocycles. The molecule has 5 heteroatoms. The number of amides is 1. The van der Waals surface area contributed by atoms with Crippen molar-refractivity contribution in [3.8, 4) is 5.75 Å². The third-order valence-electron chi connectivity index (χ3n) is 2.95. The Balaban J connectivity index is 2.03. The average Bonchev–Trinajstić information content (AvgIpc) is 2.37. The molecule has 0 atom stereocenters. The molecule has 4 nitrogen and oxygen atoms in total. The van der Waals surface area contributed by atoms with E-state index in [9.17, 15) is 9.90 Å². The van der Waals surface area contributed by atoms with Gasteiger partial charge in [-0.25, -0.2) is 5.43 Å². The molecular formula is C13H15ClN2O2. The highest BCUT2D eigenvalue weighted by Crippen LogP contribution is 2.21. The van der Waals surface area contributed by atoms with Crippen LogP contribution >= 0.6 is 11.6 Å². The van der Waals surface area contributed by atoms with Gasteiger partial charge in [0.05, 0.1) is 5.56 Å². The lowest BCUT2D eigenvalue weighted by atomic mass is 9.99. The number of hydrogen-bond acceptors (Lipinski definition) is 3. The first-order valence-corrected chi connectivity index (χ1v) is 6.39. The number of aromatic hydroxyl groups is 1.